The molecule has 0 bridgehead atoms. The zero-order chi connectivity index (χ0) is 14.0. The molecule has 1 fully saturated rings. The molecule has 0 spiro atoms. The van der Waals surface area contributed by atoms with Gasteiger partial charge in [0.25, 0.3) is 0 Å². The molecule has 1 atom stereocenters. The molecular formula is C19H31N. The van der Waals surface area contributed by atoms with Crippen LogP contribution >= 0.6 is 0 Å². The van der Waals surface area contributed by atoms with Crippen LogP contribution in [0.25, 0.3) is 0 Å². The maximum atomic E-state index is 3.82. The molecule has 1 N–H and O–H groups in total. The van der Waals surface area contributed by atoms with Gasteiger partial charge in [-0.2, -0.15) is 0 Å². The van der Waals surface area contributed by atoms with E-state index in [9.17, 15) is 0 Å². The van der Waals surface area contributed by atoms with Gasteiger partial charge in [0.1, 0.15) is 0 Å². The van der Waals surface area contributed by atoms with E-state index in [1.54, 1.807) is 0 Å². The Morgan fingerprint density at radius 1 is 1.10 bits per heavy atom. The third-order valence-corrected chi connectivity index (χ3v) is 4.67. The Bertz CT molecular complexity index is 340. The molecule has 0 aromatic heterocycles. The molecule has 1 aromatic carbocycles. The standard InChI is InChI=1S/C19H31N/c1-2-9-19(16-18-12-7-4-8-13-18)20-15-14-17-10-5-3-6-11-17/h3,5-6,10-11,18-20H,2,4,7-9,12-16H2,1H3. The summed E-state index contributed by atoms with van der Waals surface area (Å²) in [4.78, 5) is 0. The molecule has 2 rings (SSSR count). The van der Waals surface area contributed by atoms with Crippen molar-refractivity contribution in [3.63, 3.8) is 0 Å². The minimum Gasteiger partial charge on any atom is -0.314 e. The van der Waals surface area contributed by atoms with Crippen molar-refractivity contribution in [2.45, 2.75) is 70.8 Å². The summed E-state index contributed by atoms with van der Waals surface area (Å²) in [6.45, 7) is 3.44. The molecule has 0 saturated heterocycles. The van der Waals surface area contributed by atoms with E-state index < -0.39 is 0 Å². The van der Waals surface area contributed by atoms with E-state index in [0.717, 1.165) is 24.9 Å². The van der Waals surface area contributed by atoms with Crippen LogP contribution in [0, 0.1) is 5.92 Å². The van der Waals surface area contributed by atoms with E-state index in [1.807, 2.05) is 0 Å². The Balaban J connectivity index is 1.71. The summed E-state index contributed by atoms with van der Waals surface area (Å²) in [6, 6.07) is 11.6. The van der Waals surface area contributed by atoms with E-state index in [0.29, 0.717) is 0 Å². The minimum atomic E-state index is 0.742. The Labute approximate surface area is 125 Å². The molecular weight excluding hydrogens is 242 g/mol. The lowest BCUT2D eigenvalue weighted by Gasteiger charge is -2.27. The predicted octanol–water partition coefficient (Wildman–Crippen LogP) is 4.96. The van der Waals surface area contributed by atoms with Crippen LogP contribution in [-0.4, -0.2) is 12.6 Å². The van der Waals surface area contributed by atoms with Gasteiger partial charge in [0.05, 0.1) is 0 Å². The summed E-state index contributed by atoms with van der Waals surface area (Å²) in [7, 11) is 0. The second-order valence-corrected chi connectivity index (χ2v) is 6.42. The fraction of sp³-hybridized carbons (Fsp3) is 0.684. The van der Waals surface area contributed by atoms with Crippen LogP contribution in [0.3, 0.4) is 0 Å². The van der Waals surface area contributed by atoms with Crippen molar-refractivity contribution in [3.05, 3.63) is 35.9 Å². The summed E-state index contributed by atoms with van der Waals surface area (Å²) in [5.74, 6) is 0.990. The molecule has 0 heterocycles. The largest absolute Gasteiger partial charge is 0.314 e. The summed E-state index contributed by atoms with van der Waals surface area (Å²) in [5.41, 5.74) is 1.45. The predicted molar refractivity (Wildman–Crippen MR) is 88.0 cm³/mol. The van der Waals surface area contributed by atoms with Gasteiger partial charge in [0.15, 0.2) is 0 Å². The van der Waals surface area contributed by atoms with Crippen molar-refractivity contribution >= 4 is 0 Å². The van der Waals surface area contributed by atoms with Crippen LogP contribution in [0.2, 0.25) is 0 Å². The Hall–Kier alpha value is -0.820. The van der Waals surface area contributed by atoms with E-state index in [2.05, 4.69) is 42.6 Å². The number of hydrogen-bond donors (Lipinski definition) is 1. The topological polar surface area (TPSA) is 12.0 Å². The molecule has 1 saturated carbocycles. The molecule has 0 amide bonds. The van der Waals surface area contributed by atoms with Gasteiger partial charge in [-0.05, 0) is 37.3 Å². The summed E-state index contributed by atoms with van der Waals surface area (Å²) in [5, 5.41) is 3.82. The van der Waals surface area contributed by atoms with Crippen molar-refractivity contribution in [2.24, 2.45) is 5.92 Å². The first-order chi connectivity index (χ1) is 9.88. The molecule has 0 aliphatic heterocycles. The normalized spacial score (nSPS) is 18.1. The van der Waals surface area contributed by atoms with Gasteiger partial charge in [-0.25, -0.2) is 0 Å². The molecule has 1 aliphatic rings. The Morgan fingerprint density at radius 3 is 2.55 bits per heavy atom. The van der Waals surface area contributed by atoms with Gasteiger partial charge in [-0.3, -0.25) is 0 Å². The monoisotopic (exact) mass is 273 g/mol. The zero-order valence-electron chi connectivity index (χ0n) is 13.1. The van der Waals surface area contributed by atoms with Crippen molar-refractivity contribution in [2.75, 3.05) is 6.54 Å². The minimum absolute atomic E-state index is 0.742. The van der Waals surface area contributed by atoms with Crippen molar-refractivity contribution in [3.8, 4) is 0 Å². The van der Waals surface area contributed by atoms with E-state index in [1.165, 1.54) is 56.9 Å². The molecule has 20 heavy (non-hydrogen) atoms. The quantitative estimate of drug-likeness (QED) is 0.706. The lowest BCUT2D eigenvalue weighted by molar-refractivity contribution is 0.290. The lowest BCUT2D eigenvalue weighted by Crippen LogP contribution is -2.33. The van der Waals surface area contributed by atoms with Gasteiger partial charge in [-0.1, -0.05) is 75.8 Å². The highest BCUT2D eigenvalue weighted by Gasteiger charge is 2.18. The van der Waals surface area contributed by atoms with Gasteiger partial charge in [0, 0.05) is 6.04 Å². The first kappa shape index (κ1) is 15.6. The fourth-order valence-corrected chi connectivity index (χ4v) is 3.54. The smallest absolute Gasteiger partial charge is 0.00697 e. The second kappa shape index (κ2) is 9.18. The van der Waals surface area contributed by atoms with Gasteiger partial charge in [-0.15, -0.1) is 0 Å². The molecule has 1 unspecified atom stereocenters. The number of benzene rings is 1. The maximum absolute atomic E-state index is 3.82. The average Bonchev–Trinajstić information content (AvgIpc) is 2.49. The third-order valence-electron chi connectivity index (χ3n) is 4.67. The summed E-state index contributed by atoms with van der Waals surface area (Å²) >= 11 is 0. The summed E-state index contributed by atoms with van der Waals surface area (Å²) < 4.78 is 0. The van der Waals surface area contributed by atoms with Crippen molar-refractivity contribution < 1.29 is 0 Å². The van der Waals surface area contributed by atoms with Gasteiger partial charge >= 0.3 is 0 Å². The highest BCUT2D eigenvalue weighted by Crippen LogP contribution is 2.28. The fourth-order valence-electron chi connectivity index (χ4n) is 3.54. The molecule has 1 heteroatoms. The maximum Gasteiger partial charge on any atom is 0.00697 e. The van der Waals surface area contributed by atoms with E-state index in [-0.39, 0.29) is 0 Å². The lowest BCUT2D eigenvalue weighted by atomic mass is 9.84. The van der Waals surface area contributed by atoms with Gasteiger partial charge in [0.2, 0.25) is 0 Å². The second-order valence-electron chi connectivity index (χ2n) is 6.42. The molecule has 0 radical (unpaired) electrons. The SMILES string of the molecule is CCCC(CC1CCCCC1)NCCc1ccccc1. The first-order valence-corrected chi connectivity index (χ1v) is 8.65. The van der Waals surface area contributed by atoms with Crippen LogP contribution in [0.4, 0.5) is 0 Å². The highest BCUT2D eigenvalue weighted by molar-refractivity contribution is 5.14. The van der Waals surface area contributed by atoms with Crippen molar-refractivity contribution in [1.29, 1.82) is 0 Å². The Kier molecular flexibility index (Phi) is 7.14. The van der Waals surface area contributed by atoms with Crippen molar-refractivity contribution in [1.82, 2.24) is 5.32 Å². The first-order valence-electron chi connectivity index (χ1n) is 8.65. The number of nitrogens with one attached hydrogen (secondary N) is 1. The Morgan fingerprint density at radius 2 is 1.85 bits per heavy atom. The number of rotatable bonds is 8. The molecule has 112 valence electrons. The van der Waals surface area contributed by atoms with Crippen LogP contribution < -0.4 is 5.32 Å². The van der Waals surface area contributed by atoms with Crippen LogP contribution in [-0.2, 0) is 6.42 Å². The number of hydrogen-bond acceptors (Lipinski definition) is 1. The van der Waals surface area contributed by atoms with Gasteiger partial charge < -0.3 is 5.32 Å². The zero-order valence-corrected chi connectivity index (χ0v) is 13.1. The highest BCUT2D eigenvalue weighted by atomic mass is 14.9. The van der Waals surface area contributed by atoms with E-state index in [4.69, 9.17) is 0 Å². The molecule has 1 aromatic rings. The molecule has 1 aliphatic carbocycles. The van der Waals surface area contributed by atoms with Crippen LogP contribution in [0.15, 0.2) is 30.3 Å². The molecule has 1 nitrogen and oxygen atoms in total. The summed E-state index contributed by atoms with van der Waals surface area (Å²) in [6.07, 6.45) is 12.5. The average molecular weight is 273 g/mol. The van der Waals surface area contributed by atoms with Crippen LogP contribution in [0.5, 0.6) is 0 Å². The van der Waals surface area contributed by atoms with Crippen LogP contribution in [0.1, 0.15) is 63.9 Å². The van der Waals surface area contributed by atoms with E-state index >= 15 is 0 Å². The third kappa shape index (κ3) is 5.66.